The van der Waals surface area contributed by atoms with Crippen molar-refractivity contribution in [3.8, 4) is 0 Å². The topological polar surface area (TPSA) is 71.1 Å². The highest BCUT2D eigenvalue weighted by Crippen LogP contribution is 2.27. The lowest BCUT2D eigenvalue weighted by molar-refractivity contribution is -0.141. The Morgan fingerprint density at radius 2 is 1.57 bits per heavy atom. The number of aromatic nitrogens is 1. The Kier molecular flexibility index (Phi) is 6.46. The molecule has 0 spiro atoms. The van der Waals surface area contributed by atoms with Crippen molar-refractivity contribution in [3.63, 3.8) is 0 Å². The minimum Gasteiger partial charge on any atom is -0.352 e. The van der Waals surface area contributed by atoms with Crippen LogP contribution in [-0.4, -0.2) is 23.3 Å². The second kappa shape index (κ2) is 9.21. The first-order valence-corrected chi connectivity index (χ1v) is 9.10. The SMILES string of the molecule is O=C(Nc1ccccc1C(=O)NCCc1ccccc1)c1ccc(C(F)(F)F)nc1. The zero-order valence-corrected chi connectivity index (χ0v) is 15.7. The maximum absolute atomic E-state index is 12.6. The van der Waals surface area contributed by atoms with Crippen LogP contribution < -0.4 is 10.6 Å². The van der Waals surface area contributed by atoms with E-state index in [1.807, 2.05) is 30.3 Å². The third kappa shape index (κ3) is 5.44. The third-order valence-electron chi connectivity index (χ3n) is 4.28. The number of nitrogens with zero attached hydrogens (tertiary/aromatic N) is 1. The Bertz CT molecular complexity index is 1020. The van der Waals surface area contributed by atoms with Gasteiger partial charge < -0.3 is 10.6 Å². The summed E-state index contributed by atoms with van der Waals surface area (Å²) in [6.07, 6.45) is -3.08. The predicted octanol–water partition coefficient (Wildman–Crippen LogP) is 4.33. The van der Waals surface area contributed by atoms with Gasteiger partial charge in [-0.25, -0.2) is 0 Å². The number of pyridine rings is 1. The van der Waals surface area contributed by atoms with Gasteiger partial charge in [-0.3, -0.25) is 14.6 Å². The maximum atomic E-state index is 12.6. The molecule has 0 atom stereocenters. The average Bonchev–Trinajstić information content (AvgIpc) is 2.74. The van der Waals surface area contributed by atoms with E-state index in [-0.39, 0.29) is 22.7 Å². The molecule has 0 radical (unpaired) electrons. The van der Waals surface area contributed by atoms with E-state index in [1.165, 1.54) is 0 Å². The summed E-state index contributed by atoms with van der Waals surface area (Å²) in [5, 5.41) is 5.35. The van der Waals surface area contributed by atoms with E-state index in [9.17, 15) is 22.8 Å². The number of alkyl halides is 3. The van der Waals surface area contributed by atoms with Gasteiger partial charge in [0.2, 0.25) is 0 Å². The van der Waals surface area contributed by atoms with Crippen LogP contribution in [0.5, 0.6) is 0 Å². The molecule has 0 aliphatic carbocycles. The lowest BCUT2D eigenvalue weighted by Crippen LogP contribution is -2.27. The van der Waals surface area contributed by atoms with E-state index < -0.39 is 17.8 Å². The van der Waals surface area contributed by atoms with Gasteiger partial charge in [-0.2, -0.15) is 13.2 Å². The van der Waals surface area contributed by atoms with Crippen LogP contribution in [0.25, 0.3) is 0 Å². The summed E-state index contributed by atoms with van der Waals surface area (Å²) in [7, 11) is 0. The number of halogens is 3. The molecule has 0 saturated carbocycles. The van der Waals surface area contributed by atoms with Crippen LogP contribution in [0.1, 0.15) is 32.0 Å². The molecule has 0 bridgehead atoms. The molecule has 5 nitrogen and oxygen atoms in total. The Labute approximate surface area is 171 Å². The molecule has 1 aromatic heterocycles. The summed E-state index contributed by atoms with van der Waals surface area (Å²) in [5.41, 5.74) is 0.437. The molecule has 0 unspecified atom stereocenters. The van der Waals surface area contributed by atoms with Gasteiger partial charge in [0.15, 0.2) is 0 Å². The van der Waals surface area contributed by atoms with Crippen LogP contribution in [0.4, 0.5) is 18.9 Å². The first kappa shape index (κ1) is 21.0. The summed E-state index contributed by atoms with van der Waals surface area (Å²) in [4.78, 5) is 28.2. The third-order valence-corrected chi connectivity index (χ3v) is 4.28. The van der Waals surface area contributed by atoms with Gasteiger partial charge in [0, 0.05) is 12.7 Å². The molecule has 3 aromatic rings. The average molecular weight is 413 g/mol. The number of rotatable bonds is 6. The zero-order valence-electron chi connectivity index (χ0n) is 15.7. The molecule has 0 aliphatic rings. The van der Waals surface area contributed by atoms with E-state index in [2.05, 4.69) is 15.6 Å². The number of carbonyl (C=O) groups is 2. The minimum absolute atomic E-state index is 0.0534. The summed E-state index contributed by atoms with van der Waals surface area (Å²) in [5.74, 6) is -1.03. The van der Waals surface area contributed by atoms with Gasteiger partial charge in [-0.15, -0.1) is 0 Å². The van der Waals surface area contributed by atoms with E-state index in [1.54, 1.807) is 24.3 Å². The zero-order chi connectivity index (χ0) is 21.6. The molecular formula is C22H18F3N3O2. The number of hydrogen-bond acceptors (Lipinski definition) is 3. The normalized spacial score (nSPS) is 11.0. The fourth-order valence-corrected chi connectivity index (χ4v) is 2.74. The Balaban J connectivity index is 1.65. The van der Waals surface area contributed by atoms with Crippen LogP contribution in [-0.2, 0) is 12.6 Å². The first-order chi connectivity index (χ1) is 14.3. The second-order valence-corrected chi connectivity index (χ2v) is 6.42. The molecule has 1 heterocycles. The van der Waals surface area contributed by atoms with Gasteiger partial charge in [0.25, 0.3) is 11.8 Å². The number of nitrogens with one attached hydrogen (secondary N) is 2. The second-order valence-electron chi connectivity index (χ2n) is 6.42. The lowest BCUT2D eigenvalue weighted by Gasteiger charge is -2.12. The van der Waals surface area contributed by atoms with Gasteiger partial charge >= 0.3 is 6.18 Å². The molecule has 2 N–H and O–H groups in total. The molecular weight excluding hydrogens is 395 g/mol. The monoisotopic (exact) mass is 413 g/mol. The molecule has 0 aliphatic heterocycles. The number of hydrogen-bond donors (Lipinski definition) is 2. The highest BCUT2D eigenvalue weighted by Gasteiger charge is 2.32. The largest absolute Gasteiger partial charge is 0.433 e. The number of para-hydroxylation sites is 1. The van der Waals surface area contributed by atoms with Crippen molar-refractivity contribution in [3.05, 3.63) is 95.3 Å². The van der Waals surface area contributed by atoms with Gasteiger partial charge in [-0.05, 0) is 36.2 Å². The number of carbonyl (C=O) groups excluding carboxylic acids is 2. The minimum atomic E-state index is -4.58. The van der Waals surface area contributed by atoms with E-state index in [0.29, 0.717) is 13.0 Å². The van der Waals surface area contributed by atoms with Crippen molar-refractivity contribution < 1.29 is 22.8 Å². The number of amides is 2. The van der Waals surface area contributed by atoms with Crippen molar-refractivity contribution in [2.75, 3.05) is 11.9 Å². The van der Waals surface area contributed by atoms with Crippen molar-refractivity contribution in [2.45, 2.75) is 12.6 Å². The van der Waals surface area contributed by atoms with Crippen LogP contribution in [0.3, 0.4) is 0 Å². The highest BCUT2D eigenvalue weighted by molar-refractivity contribution is 6.08. The van der Waals surface area contributed by atoms with E-state index in [4.69, 9.17) is 0 Å². The molecule has 8 heteroatoms. The summed E-state index contributed by atoms with van der Waals surface area (Å²) < 4.78 is 37.8. The molecule has 30 heavy (non-hydrogen) atoms. The van der Waals surface area contributed by atoms with Crippen LogP contribution in [0, 0.1) is 0 Å². The van der Waals surface area contributed by atoms with Crippen LogP contribution in [0.15, 0.2) is 72.9 Å². The smallest absolute Gasteiger partial charge is 0.352 e. The summed E-state index contributed by atoms with van der Waals surface area (Å²) >= 11 is 0. The van der Waals surface area contributed by atoms with Crippen LogP contribution in [0.2, 0.25) is 0 Å². The van der Waals surface area contributed by atoms with Crippen molar-refractivity contribution in [2.24, 2.45) is 0 Å². The Hall–Kier alpha value is -3.68. The highest BCUT2D eigenvalue weighted by atomic mass is 19.4. The van der Waals surface area contributed by atoms with E-state index in [0.717, 1.165) is 23.9 Å². The first-order valence-electron chi connectivity index (χ1n) is 9.10. The van der Waals surface area contributed by atoms with E-state index >= 15 is 0 Å². The van der Waals surface area contributed by atoms with Gasteiger partial charge in [0.1, 0.15) is 5.69 Å². The molecule has 0 fully saturated rings. The lowest BCUT2D eigenvalue weighted by atomic mass is 10.1. The molecule has 2 aromatic carbocycles. The molecule has 2 amide bonds. The maximum Gasteiger partial charge on any atom is 0.433 e. The molecule has 0 saturated heterocycles. The number of anilines is 1. The summed E-state index contributed by atoms with van der Waals surface area (Å²) in [6, 6.07) is 17.8. The fraction of sp³-hybridized carbons (Fsp3) is 0.136. The predicted molar refractivity (Wildman–Crippen MR) is 106 cm³/mol. The van der Waals surface area contributed by atoms with Gasteiger partial charge in [-0.1, -0.05) is 42.5 Å². The fourth-order valence-electron chi connectivity index (χ4n) is 2.74. The van der Waals surface area contributed by atoms with Gasteiger partial charge in [0.05, 0.1) is 16.8 Å². The molecule has 3 rings (SSSR count). The quantitative estimate of drug-likeness (QED) is 0.632. The Morgan fingerprint density at radius 3 is 2.23 bits per heavy atom. The van der Waals surface area contributed by atoms with Crippen molar-refractivity contribution in [1.82, 2.24) is 10.3 Å². The Morgan fingerprint density at radius 1 is 0.867 bits per heavy atom. The standard InChI is InChI=1S/C22H18F3N3O2/c23-22(24,25)19-11-10-16(14-27-19)20(29)28-18-9-5-4-8-17(18)21(30)26-13-12-15-6-2-1-3-7-15/h1-11,14H,12-13H2,(H,26,30)(H,28,29). The van der Waals surface area contributed by atoms with Crippen LogP contribution >= 0.6 is 0 Å². The molecule has 154 valence electrons. The summed E-state index contributed by atoms with van der Waals surface area (Å²) in [6.45, 7) is 0.411. The number of benzene rings is 2. The van der Waals surface area contributed by atoms with Crippen molar-refractivity contribution >= 4 is 17.5 Å². The van der Waals surface area contributed by atoms with Crippen molar-refractivity contribution in [1.29, 1.82) is 0 Å².